The number of hydrogen-bond acceptors (Lipinski definition) is 6. The Balaban J connectivity index is 1.23. The molecule has 0 radical (unpaired) electrons. The van der Waals surface area contributed by atoms with Gasteiger partial charge in [0.15, 0.2) is 0 Å². The van der Waals surface area contributed by atoms with Crippen LogP contribution in [0.4, 0.5) is 5.69 Å². The fraction of sp³-hybridized carbons (Fsp3) is 0.500. The molecule has 0 bridgehead atoms. The molecule has 6 nitrogen and oxygen atoms in total. The number of piperidine rings is 1. The van der Waals surface area contributed by atoms with Crippen molar-refractivity contribution in [2.24, 2.45) is 11.8 Å². The van der Waals surface area contributed by atoms with E-state index in [-0.39, 0.29) is 11.9 Å². The highest BCUT2D eigenvalue weighted by molar-refractivity contribution is 7.15. The van der Waals surface area contributed by atoms with Crippen molar-refractivity contribution < 1.29 is 9.53 Å². The largest absolute Gasteiger partial charge is 0.466 e. The van der Waals surface area contributed by atoms with Crippen LogP contribution >= 0.6 is 11.3 Å². The molecule has 2 aliphatic rings. The van der Waals surface area contributed by atoms with Crippen molar-refractivity contribution in [1.29, 1.82) is 0 Å². The Morgan fingerprint density at radius 1 is 1.29 bits per heavy atom. The van der Waals surface area contributed by atoms with Crippen LogP contribution in [0, 0.1) is 11.8 Å². The van der Waals surface area contributed by atoms with Crippen molar-refractivity contribution in [3.05, 3.63) is 35.3 Å². The SMILES string of the molecule is CCOC(=O)C1CCN(Cc2cnc(-c3cc4cccc(NCC5CC5)c4[nH]3)s2)CC1. The molecule has 0 spiro atoms. The lowest BCUT2D eigenvalue weighted by Gasteiger charge is -2.30. The molecule has 7 heteroatoms. The molecule has 164 valence electrons. The first kappa shape index (κ1) is 20.5. The van der Waals surface area contributed by atoms with Gasteiger partial charge < -0.3 is 15.0 Å². The quantitative estimate of drug-likeness (QED) is 0.490. The summed E-state index contributed by atoms with van der Waals surface area (Å²) in [5.41, 5.74) is 3.42. The Hall–Kier alpha value is -2.38. The van der Waals surface area contributed by atoms with Gasteiger partial charge in [0, 0.05) is 29.5 Å². The maximum absolute atomic E-state index is 11.9. The summed E-state index contributed by atoms with van der Waals surface area (Å²) >= 11 is 1.75. The number of likely N-dealkylation sites (tertiary alicyclic amines) is 1. The zero-order chi connectivity index (χ0) is 21.2. The van der Waals surface area contributed by atoms with Gasteiger partial charge in [0.2, 0.25) is 0 Å². The van der Waals surface area contributed by atoms with Gasteiger partial charge in [-0.2, -0.15) is 0 Å². The van der Waals surface area contributed by atoms with Crippen LogP contribution in [0.25, 0.3) is 21.6 Å². The molecule has 31 heavy (non-hydrogen) atoms. The van der Waals surface area contributed by atoms with E-state index >= 15 is 0 Å². The first-order valence-corrected chi connectivity index (χ1v) is 12.2. The predicted molar refractivity (Wildman–Crippen MR) is 125 cm³/mol. The summed E-state index contributed by atoms with van der Waals surface area (Å²) in [4.78, 5) is 23.9. The van der Waals surface area contributed by atoms with E-state index in [9.17, 15) is 4.79 Å². The molecule has 3 heterocycles. The Kier molecular flexibility index (Phi) is 5.96. The van der Waals surface area contributed by atoms with Gasteiger partial charge in [-0.3, -0.25) is 9.69 Å². The maximum Gasteiger partial charge on any atom is 0.309 e. The topological polar surface area (TPSA) is 70.2 Å². The summed E-state index contributed by atoms with van der Waals surface area (Å²) in [6.45, 7) is 6.14. The number of anilines is 1. The van der Waals surface area contributed by atoms with Crippen LogP contribution in [0.3, 0.4) is 0 Å². The summed E-state index contributed by atoms with van der Waals surface area (Å²) in [6, 6.07) is 8.62. The first-order valence-electron chi connectivity index (χ1n) is 11.4. The summed E-state index contributed by atoms with van der Waals surface area (Å²) in [7, 11) is 0. The molecule has 0 amide bonds. The Morgan fingerprint density at radius 2 is 2.13 bits per heavy atom. The van der Waals surface area contributed by atoms with Crippen LogP contribution in [-0.4, -0.2) is 47.1 Å². The van der Waals surface area contributed by atoms with Gasteiger partial charge in [-0.1, -0.05) is 12.1 Å². The number of nitrogens with zero attached hydrogens (tertiary/aromatic N) is 2. The second-order valence-electron chi connectivity index (χ2n) is 8.71. The number of nitrogens with one attached hydrogen (secondary N) is 2. The first-order chi connectivity index (χ1) is 15.2. The number of hydrogen-bond donors (Lipinski definition) is 2. The van der Waals surface area contributed by atoms with E-state index in [1.165, 1.54) is 28.8 Å². The highest BCUT2D eigenvalue weighted by Gasteiger charge is 2.26. The standard InChI is InChI=1S/C24H30N4O2S/c1-2-30-24(29)17-8-10-28(11-9-17)15-19-14-26-23(31-19)21-12-18-4-3-5-20(22(18)27-21)25-13-16-6-7-16/h3-5,12,14,16-17,25,27H,2,6-11,13,15H2,1H3. The molecule has 0 unspecified atom stereocenters. The van der Waals surface area contributed by atoms with Gasteiger partial charge in [0.1, 0.15) is 5.01 Å². The Morgan fingerprint density at radius 3 is 2.90 bits per heavy atom. The van der Waals surface area contributed by atoms with E-state index in [2.05, 4.69) is 39.5 Å². The monoisotopic (exact) mass is 438 g/mol. The Bertz CT molecular complexity index is 1050. The number of para-hydroxylation sites is 1. The number of aromatic amines is 1. The molecule has 1 saturated heterocycles. The second-order valence-corrected chi connectivity index (χ2v) is 9.83. The lowest BCUT2D eigenvalue weighted by Crippen LogP contribution is -2.36. The van der Waals surface area contributed by atoms with Crippen molar-refractivity contribution in [3.63, 3.8) is 0 Å². The molecular formula is C24H30N4O2S. The number of benzene rings is 1. The van der Waals surface area contributed by atoms with Crippen molar-refractivity contribution in [2.45, 2.75) is 39.2 Å². The lowest BCUT2D eigenvalue weighted by atomic mass is 9.97. The lowest BCUT2D eigenvalue weighted by molar-refractivity contribution is -0.149. The zero-order valence-corrected chi connectivity index (χ0v) is 18.8. The third-order valence-electron chi connectivity index (χ3n) is 6.31. The predicted octanol–water partition coefficient (Wildman–Crippen LogP) is 4.89. The van der Waals surface area contributed by atoms with E-state index in [1.807, 2.05) is 13.1 Å². The smallest absolute Gasteiger partial charge is 0.309 e. The van der Waals surface area contributed by atoms with Gasteiger partial charge >= 0.3 is 5.97 Å². The van der Waals surface area contributed by atoms with Gasteiger partial charge in [0.25, 0.3) is 0 Å². The molecule has 5 rings (SSSR count). The molecule has 0 atom stereocenters. The number of thiazole rings is 1. The van der Waals surface area contributed by atoms with E-state index in [4.69, 9.17) is 9.72 Å². The summed E-state index contributed by atoms with van der Waals surface area (Å²) in [5, 5.41) is 5.85. The maximum atomic E-state index is 11.9. The van der Waals surface area contributed by atoms with E-state index in [0.717, 1.165) is 61.2 Å². The van der Waals surface area contributed by atoms with E-state index < -0.39 is 0 Å². The third-order valence-corrected chi connectivity index (χ3v) is 7.32. The minimum absolute atomic E-state index is 0.0352. The van der Waals surface area contributed by atoms with Gasteiger partial charge in [-0.15, -0.1) is 11.3 Å². The van der Waals surface area contributed by atoms with E-state index in [1.54, 1.807) is 11.3 Å². The van der Waals surface area contributed by atoms with Crippen LogP contribution in [-0.2, 0) is 16.1 Å². The van der Waals surface area contributed by atoms with Gasteiger partial charge in [0.05, 0.1) is 29.4 Å². The number of esters is 1. The fourth-order valence-electron chi connectivity index (χ4n) is 4.31. The number of H-pyrrole nitrogens is 1. The number of carbonyl (C=O) groups is 1. The average molecular weight is 439 g/mol. The fourth-order valence-corrected chi connectivity index (χ4v) is 5.23. The van der Waals surface area contributed by atoms with Gasteiger partial charge in [-0.05, 0) is 63.7 Å². The molecule has 2 N–H and O–H groups in total. The minimum Gasteiger partial charge on any atom is -0.466 e. The second kappa shape index (κ2) is 9.01. The number of aromatic nitrogens is 2. The number of fused-ring (bicyclic) bond motifs is 1. The van der Waals surface area contributed by atoms with Crippen molar-refractivity contribution in [1.82, 2.24) is 14.9 Å². The summed E-state index contributed by atoms with van der Waals surface area (Å²) in [6.07, 6.45) is 6.45. The highest BCUT2D eigenvalue weighted by atomic mass is 32.1. The number of carbonyl (C=O) groups excluding carboxylic acids is 1. The van der Waals surface area contributed by atoms with Crippen LogP contribution in [0.5, 0.6) is 0 Å². The molecule has 2 fully saturated rings. The van der Waals surface area contributed by atoms with Crippen molar-refractivity contribution >= 4 is 33.9 Å². The van der Waals surface area contributed by atoms with E-state index in [0.29, 0.717) is 6.61 Å². The molecular weight excluding hydrogens is 408 g/mol. The Labute approximate surface area is 187 Å². The molecule has 3 aromatic rings. The average Bonchev–Trinajstić information content (AvgIpc) is 3.31. The summed E-state index contributed by atoms with van der Waals surface area (Å²) in [5.74, 6) is 0.864. The summed E-state index contributed by atoms with van der Waals surface area (Å²) < 4.78 is 5.18. The minimum atomic E-state index is -0.0352. The highest BCUT2D eigenvalue weighted by Crippen LogP contribution is 2.33. The number of rotatable bonds is 8. The van der Waals surface area contributed by atoms with Crippen LogP contribution in [0.2, 0.25) is 0 Å². The van der Waals surface area contributed by atoms with Crippen LogP contribution in [0.15, 0.2) is 30.5 Å². The molecule has 1 aliphatic carbocycles. The van der Waals surface area contributed by atoms with Crippen molar-refractivity contribution in [2.75, 3.05) is 31.6 Å². The van der Waals surface area contributed by atoms with Gasteiger partial charge in [-0.25, -0.2) is 4.98 Å². The van der Waals surface area contributed by atoms with Crippen LogP contribution < -0.4 is 5.32 Å². The van der Waals surface area contributed by atoms with Crippen molar-refractivity contribution in [3.8, 4) is 10.7 Å². The molecule has 2 aromatic heterocycles. The van der Waals surface area contributed by atoms with Crippen LogP contribution in [0.1, 0.15) is 37.5 Å². The molecule has 1 aromatic carbocycles. The zero-order valence-electron chi connectivity index (χ0n) is 18.0. The molecule has 1 saturated carbocycles. The third kappa shape index (κ3) is 4.77. The number of ether oxygens (including phenoxy) is 1. The molecule has 1 aliphatic heterocycles. The normalized spacial score (nSPS) is 17.8.